The molecule has 1 amide bonds. The van der Waals surface area contributed by atoms with Gasteiger partial charge >= 0.3 is 0 Å². The van der Waals surface area contributed by atoms with Crippen LogP contribution in [0.25, 0.3) is 0 Å². The first-order chi connectivity index (χ1) is 11.4. The van der Waals surface area contributed by atoms with Crippen molar-refractivity contribution >= 4 is 17.5 Å². The van der Waals surface area contributed by atoms with Crippen LogP contribution in [0.4, 0.5) is 4.39 Å². The van der Waals surface area contributed by atoms with Gasteiger partial charge in [-0.3, -0.25) is 10.1 Å². The summed E-state index contributed by atoms with van der Waals surface area (Å²) in [6.07, 6.45) is 0. The van der Waals surface area contributed by atoms with Crippen LogP contribution in [0.2, 0.25) is 5.02 Å². The van der Waals surface area contributed by atoms with Gasteiger partial charge < -0.3 is 4.90 Å². The van der Waals surface area contributed by atoms with Crippen molar-refractivity contribution in [2.45, 2.75) is 32.5 Å². The highest BCUT2D eigenvalue weighted by atomic mass is 35.5. The van der Waals surface area contributed by atoms with Crippen molar-refractivity contribution in [3.8, 4) is 0 Å². The standard InChI is InChI=1S/C19H22ClFN2O/c1-13(16-7-5-8-17(20)11-16)22-14(2)19(24)23(3)12-15-6-4-9-18(21)10-15/h4-11,13-14,22H,12H2,1-3H3. The van der Waals surface area contributed by atoms with Crippen molar-refractivity contribution in [1.29, 1.82) is 0 Å². The molecule has 2 rings (SSSR count). The van der Waals surface area contributed by atoms with Crippen molar-refractivity contribution in [2.24, 2.45) is 0 Å². The van der Waals surface area contributed by atoms with Gasteiger partial charge in [0.2, 0.25) is 5.91 Å². The van der Waals surface area contributed by atoms with Crippen molar-refractivity contribution in [1.82, 2.24) is 10.2 Å². The lowest BCUT2D eigenvalue weighted by molar-refractivity contribution is -0.132. The molecule has 2 aromatic carbocycles. The predicted molar refractivity (Wildman–Crippen MR) is 95.3 cm³/mol. The molecule has 0 saturated carbocycles. The van der Waals surface area contributed by atoms with Crippen molar-refractivity contribution in [3.05, 3.63) is 70.5 Å². The molecule has 2 aromatic rings. The van der Waals surface area contributed by atoms with E-state index in [9.17, 15) is 9.18 Å². The lowest BCUT2D eigenvalue weighted by Gasteiger charge is -2.25. The summed E-state index contributed by atoms with van der Waals surface area (Å²) in [4.78, 5) is 14.1. The molecule has 3 nitrogen and oxygen atoms in total. The largest absolute Gasteiger partial charge is 0.340 e. The number of hydrogen-bond donors (Lipinski definition) is 1. The molecular formula is C19H22ClFN2O. The van der Waals surface area contributed by atoms with Crippen LogP contribution < -0.4 is 5.32 Å². The van der Waals surface area contributed by atoms with Gasteiger partial charge in [0.05, 0.1) is 6.04 Å². The maximum Gasteiger partial charge on any atom is 0.239 e. The zero-order valence-electron chi connectivity index (χ0n) is 14.1. The molecule has 0 spiro atoms. The van der Waals surface area contributed by atoms with E-state index in [1.807, 2.05) is 38.1 Å². The van der Waals surface area contributed by atoms with Gasteiger partial charge in [-0.2, -0.15) is 0 Å². The van der Waals surface area contributed by atoms with Crippen LogP contribution in [0.5, 0.6) is 0 Å². The summed E-state index contributed by atoms with van der Waals surface area (Å²) in [6, 6.07) is 13.5. The van der Waals surface area contributed by atoms with Crippen LogP contribution in [-0.2, 0) is 11.3 Å². The molecule has 1 N–H and O–H groups in total. The van der Waals surface area contributed by atoms with Crippen LogP contribution in [0.15, 0.2) is 48.5 Å². The zero-order valence-corrected chi connectivity index (χ0v) is 14.8. The molecule has 5 heteroatoms. The Morgan fingerprint density at radius 3 is 2.58 bits per heavy atom. The van der Waals surface area contributed by atoms with E-state index in [4.69, 9.17) is 11.6 Å². The quantitative estimate of drug-likeness (QED) is 0.849. The summed E-state index contributed by atoms with van der Waals surface area (Å²) in [5.41, 5.74) is 1.79. The van der Waals surface area contributed by atoms with E-state index in [-0.39, 0.29) is 23.8 Å². The fourth-order valence-electron chi connectivity index (χ4n) is 2.64. The molecular weight excluding hydrogens is 327 g/mol. The van der Waals surface area contributed by atoms with E-state index in [1.54, 1.807) is 24.1 Å². The SMILES string of the molecule is CC(NC(C)c1cccc(Cl)c1)C(=O)N(C)Cc1cccc(F)c1. The number of halogens is 2. The molecule has 24 heavy (non-hydrogen) atoms. The number of carbonyl (C=O) groups is 1. The fraction of sp³-hybridized carbons (Fsp3) is 0.316. The maximum atomic E-state index is 13.2. The Hall–Kier alpha value is -1.91. The van der Waals surface area contributed by atoms with Gasteiger partial charge in [0.25, 0.3) is 0 Å². The number of likely N-dealkylation sites (N-methyl/N-ethyl adjacent to an activating group) is 1. The van der Waals surface area contributed by atoms with Crippen LogP contribution in [0, 0.1) is 5.82 Å². The third kappa shape index (κ3) is 5.05. The van der Waals surface area contributed by atoms with Gasteiger partial charge in [-0.25, -0.2) is 4.39 Å². The van der Waals surface area contributed by atoms with Gasteiger partial charge in [-0.15, -0.1) is 0 Å². The van der Waals surface area contributed by atoms with Crippen molar-refractivity contribution in [2.75, 3.05) is 7.05 Å². The number of benzene rings is 2. The molecule has 0 bridgehead atoms. The summed E-state index contributed by atoms with van der Waals surface area (Å²) in [6.45, 7) is 4.18. The number of nitrogens with one attached hydrogen (secondary N) is 1. The number of amides is 1. The first kappa shape index (κ1) is 18.4. The average molecular weight is 349 g/mol. The number of rotatable bonds is 6. The number of nitrogens with zero attached hydrogens (tertiary/aromatic N) is 1. The Morgan fingerprint density at radius 2 is 1.92 bits per heavy atom. The molecule has 0 radical (unpaired) electrons. The van der Waals surface area contributed by atoms with Crippen LogP contribution in [-0.4, -0.2) is 23.9 Å². The van der Waals surface area contributed by atoms with Gasteiger partial charge in [-0.05, 0) is 49.2 Å². The van der Waals surface area contributed by atoms with E-state index in [0.717, 1.165) is 11.1 Å². The van der Waals surface area contributed by atoms with E-state index in [0.29, 0.717) is 11.6 Å². The van der Waals surface area contributed by atoms with Crippen molar-refractivity contribution < 1.29 is 9.18 Å². The number of carbonyl (C=O) groups excluding carboxylic acids is 1. The monoisotopic (exact) mass is 348 g/mol. The summed E-state index contributed by atoms with van der Waals surface area (Å²) >= 11 is 6.01. The smallest absolute Gasteiger partial charge is 0.239 e. The molecule has 2 atom stereocenters. The Balaban J connectivity index is 1.95. The second kappa shape index (κ2) is 8.27. The fourth-order valence-corrected chi connectivity index (χ4v) is 2.83. The normalized spacial score (nSPS) is 13.4. The van der Waals surface area contributed by atoms with Gasteiger partial charge in [0.15, 0.2) is 0 Å². The average Bonchev–Trinajstić information content (AvgIpc) is 2.54. The van der Waals surface area contributed by atoms with E-state index >= 15 is 0 Å². The highest BCUT2D eigenvalue weighted by molar-refractivity contribution is 6.30. The third-order valence-electron chi connectivity index (χ3n) is 3.90. The minimum Gasteiger partial charge on any atom is -0.340 e. The highest BCUT2D eigenvalue weighted by Crippen LogP contribution is 2.18. The highest BCUT2D eigenvalue weighted by Gasteiger charge is 2.20. The zero-order chi connectivity index (χ0) is 17.7. The molecule has 0 aliphatic rings. The predicted octanol–water partition coefficient (Wildman–Crippen LogP) is 4.18. The van der Waals surface area contributed by atoms with E-state index < -0.39 is 0 Å². The van der Waals surface area contributed by atoms with Crippen LogP contribution in [0.1, 0.15) is 31.0 Å². The Kier molecular flexibility index (Phi) is 6.35. The second-order valence-electron chi connectivity index (χ2n) is 5.99. The topological polar surface area (TPSA) is 32.3 Å². The summed E-state index contributed by atoms with van der Waals surface area (Å²) < 4.78 is 13.2. The number of hydrogen-bond acceptors (Lipinski definition) is 2. The molecule has 128 valence electrons. The first-order valence-corrected chi connectivity index (χ1v) is 8.25. The van der Waals surface area contributed by atoms with Crippen molar-refractivity contribution in [3.63, 3.8) is 0 Å². The Labute approximate surface area is 147 Å². The second-order valence-corrected chi connectivity index (χ2v) is 6.43. The summed E-state index contributed by atoms with van der Waals surface area (Å²) in [7, 11) is 1.72. The molecule has 2 unspecified atom stereocenters. The van der Waals surface area contributed by atoms with Gasteiger partial charge in [0.1, 0.15) is 5.82 Å². The summed E-state index contributed by atoms with van der Waals surface area (Å²) in [5.74, 6) is -0.345. The molecule has 0 aliphatic heterocycles. The van der Waals surface area contributed by atoms with Gasteiger partial charge in [-0.1, -0.05) is 35.9 Å². The summed E-state index contributed by atoms with van der Waals surface area (Å²) in [5, 5.41) is 3.95. The van der Waals surface area contributed by atoms with E-state index in [1.165, 1.54) is 12.1 Å². The maximum absolute atomic E-state index is 13.2. The van der Waals surface area contributed by atoms with Crippen LogP contribution >= 0.6 is 11.6 Å². The lowest BCUT2D eigenvalue weighted by atomic mass is 10.1. The Morgan fingerprint density at radius 1 is 1.21 bits per heavy atom. The lowest BCUT2D eigenvalue weighted by Crippen LogP contribution is -2.43. The van der Waals surface area contributed by atoms with Crippen LogP contribution in [0.3, 0.4) is 0 Å². The first-order valence-electron chi connectivity index (χ1n) is 7.87. The molecule has 0 fully saturated rings. The minimum absolute atomic E-state index is 0.00906. The third-order valence-corrected chi connectivity index (χ3v) is 4.14. The molecule has 0 heterocycles. The minimum atomic E-state index is -0.363. The Bertz CT molecular complexity index is 707. The molecule has 0 aromatic heterocycles. The molecule has 0 saturated heterocycles. The van der Waals surface area contributed by atoms with E-state index in [2.05, 4.69) is 5.32 Å². The van der Waals surface area contributed by atoms with Gasteiger partial charge in [0, 0.05) is 24.7 Å². The molecule has 0 aliphatic carbocycles.